The van der Waals surface area contributed by atoms with E-state index < -0.39 is 14.4 Å². The van der Waals surface area contributed by atoms with E-state index in [1.807, 2.05) is 44.2 Å². The van der Waals surface area contributed by atoms with Crippen LogP contribution in [0.1, 0.15) is 45.2 Å². The van der Waals surface area contributed by atoms with Gasteiger partial charge in [-0.1, -0.05) is 38.4 Å². The minimum atomic E-state index is -2.08. The van der Waals surface area contributed by atoms with Gasteiger partial charge >= 0.3 is 0 Å². The zero-order valence-electron chi connectivity index (χ0n) is 20.5. The summed E-state index contributed by atoms with van der Waals surface area (Å²) in [5.74, 6) is 0.889. The SMILES string of the molecule is [C-]#[N+]c1ccc(N[C@@H](c2nnc(-c3ccc(I)cc3)o2)[C@H](C)O[Si](C)(C)C(C)(C)C)c(C)c1Cl. The van der Waals surface area contributed by atoms with Crippen molar-refractivity contribution in [1.29, 1.82) is 0 Å². The molecule has 0 aliphatic heterocycles. The molecule has 0 aliphatic carbocycles. The van der Waals surface area contributed by atoms with Crippen molar-refractivity contribution in [3.05, 3.63) is 67.9 Å². The van der Waals surface area contributed by atoms with E-state index in [1.54, 1.807) is 6.07 Å². The van der Waals surface area contributed by atoms with Crippen molar-refractivity contribution in [3.63, 3.8) is 0 Å². The van der Waals surface area contributed by atoms with Gasteiger partial charge in [0.2, 0.25) is 17.5 Å². The Bertz CT molecular complexity index is 1200. The quantitative estimate of drug-likeness (QED) is 0.166. The fraction of sp³-hybridized carbons (Fsp3) is 0.400. The van der Waals surface area contributed by atoms with Crippen molar-refractivity contribution in [3.8, 4) is 11.5 Å². The van der Waals surface area contributed by atoms with Crippen LogP contribution in [0.15, 0.2) is 40.8 Å². The Balaban J connectivity index is 2.00. The third-order valence-electron chi connectivity index (χ3n) is 6.35. The van der Waals surface area contributed by atoms with E-state index in [0.29, 0.717) is 22.5 Å². The molecule has 1 N–H and O–H groups in total. The Hall–Kier alpha value is -1.93. The summed E-state index contributed by atoms with van der Waals surface area (Å²) >= 11 is 8.70. The zero-order valence-corrected chi connectivity index (χ0v) is 24.4. The molecule has 0 unspecified atom stereocenters. The fourth-order valence-corrected chi connectivity index (χ4v) is 5.23. The molecule has 0 bridgehead atoms. The third-order valence-corrected chi connectivity index (χ3v) is 12.1. The largest absolute Gasteiger partial charge is 0.418 e. The molecule has 0 aliphatic rings. The van der Waals surface area contributed by atoms with Crippen LogP contribution < -0.4 is 5.32 Å². The summed E-state index contributed by atoms with van der Waals surface area (Å²) < 4.78 is 14.0. The molecule has 3 rings (SSSR count). The third kappa shape index (κ3) is 5.82. The van der Waals surface area contributed by atoms with E-state index in [9.17, 15) is 0 Å². The van der Waals surface area contributed by atoms with Gasteiger partial charge in [-0.15, -0.1) is 10.2 Å². The summed E-state index contributed by atoms with van der Waals surface area (Å²) in [6.07, 6.45) is -0.260. The van der Waals surface area contributed by atoms with Crippen LogP contribution >= 0.6 is 34.2 Å². The van der Waals surface area contributed by atoms with Crippen molar-refractivity contribution in [2.75, 3.05) is 5.32 Å². The van der Waals surface area contributed by atoms with Gasteiger partial charge < -0.3 is 14.2 Å². The molecular formula is C25H30ClIN4O2Si. The number of hydrogen-bond acceptors (Lipinski definition) is 5. The second kappa shape index (κ2) is 10.4. The van der Waals surface area contributed by atoms with Gasteiger partial charge in [-0.3, -0.25) is 0 Å². The molecule has 180 valence electrons. The van der Waals surface area contributed by atoms with Crippen LogP contribution in [0.4, 0.5) is 11.4 Å². The standard InChI is InChI=1S/C25H30ClIN4O2Si/c1-15-19(13-14-20(28-6)21(15)26)29-22(16(2)33-34(7,8)25(3,4)5)24-31-30-23(32-24)17-9-11-18(27)12-10-17/h9-14,16,22,29H,1-5,7-8H3/t16-,22+/m0/s1. The summed E-state index contributed by atoms with van der Waals surface area (Å²) in [7, 11) is -2.08. The van der Waals surface area contributed by atoms with Crippen molar-refractivity contribution in [2.45, 2.75) is 64.9 Å². The highest BCUT2D eigenvalue weighted by atomic mass is 127. The number of anilines is 1. The molecule has 0 spiro atoms. The lowest BCUT2D eigenvalue weighted by atomic mass is 10.1. The maximum atomic E-state index is 7.32. The van der Waals surface area contributed by atoms with Gasteiger partial charge in [-0.2, -0.15) is 0 Å². The fourth-order valence-electron chi connectivity index (χ4n) is 3.24. The second-order valence-corrected chi connectivity index (χ2v) is 16.2. The molecule has 0 saturated heterocycles. The second-order valence-electron chi connectivity index (χ2n) is 9.84. The molecule has 2 aromatic carbocycles. The van der Waals surface area contributed by atoms with Crippen molar-refractivity contribution < 1.29 is 8.84 Å². The van der Waals surface area contributed by atoms with E-state index in [-0.39, 0.29) is 11.1 Å². The van der Waals surface area contributed by atoms with Crippen LogP contribution in [-0.2, 0) is 4.43 Å². The van der Waals surface area contributed by atoms with Crippen LogP contribution in [-0.4, -0.2) is 24.6 Å². The highest BCUT2D eigenvalue weighted by Crippen LogP contribution is 2.40. The van der Waals surface area contributed by atoms with Crippen LogP contribution in [0.3, 0.4) is 0 Å². The van der Waals surface area contributed by atoms with E-state index in [1.165, 1.54) is 0 Å². The van der Waals surface area contributed by atoms with Gasteiger partial charge in [-0.25, -0.2) is 4.85 Å². The summed E-state index contributed by atoms with van der Waals surface area (Å²) in [5, 5.41) is 12.7. The number of nitrogens with one attached hydrogen (secondary N) is 1. The highest BCUT2D eigenvalue weighted by molar-refractivity contribution is 14.1. The lowest BCUT2D eigenvalue weighted by molar-refractivity contribution is 0.166. The molecule has 1 heterocycles. The molecule has 0 saturated carbocycles. The van der Waals surface area contributed by atoms with Gasteiger partial charge in [-0.05, 0) is 90.5 Å². The number of benzene rings is 2. The van der Waals surface area contributed by atoms with Gasteiger partial charge in [0.25, 0.3) is 0 Å². The normalized spacial score (nSPS) is 13.9. The molecule has 0 radical (unpaired) electrons. The Kier molecular flexibility index (Phi) is 8.13. The average Bonchev–Trinajstić information content (AvgIpc) is 3.24. The molecule has 34 heavy (non-hydrogen) atoms. The summed E-state index contributed by atoms with van der Waals surface area (Å²) in [6.45, 7) is 22.3. The van der Waals surface area contributed by atoms with Crippen LogP contribution in [0, 0.1) is 17.1 Å². The van der Waals surface area contributed by atoms with Crippen LogP contribution in [0.5, 0.6) is 0 Å². The molecule has 6 nitrogen and oxygen atoms in total. The Morgan fingerprint density at radius 2 is 1.79 bits per heavy atom. The molecule has 9 heteroatoms. The highest BCUT2D eigenvalue weighted by Gasteiger charge is 2.41. The molecule has 1 aromatic heterocycles. The monoisotopic (exact) mass is 608 g/mol. The van der Waals surface area contributed by atoms with Gasteiger partial charge in [0.15, 0.2) is 8.32 Å². The van der Waals surface area contributed by atoms with E-state index in [2.05, 4.69) is 76.8 Å². The van der Waals surface area contributed by atoms with Crippen molar-refractivity contribution >= 4 is 53.9 Å². The first-order chi connectivity index (χ1) is 15.8. The van der Waals surface area contributed by atoms with Gasteiger partial charge in [0.1, 0.15) is 6.04 Å². The van der Waals surface area contributed by atoms with E-state index in [0.717, 1.165) is 20.4 Å². The summed E-state index contributed by atoms with van der Waals surface area (Å²) in [4.78, 5) is 3.49. The van der Waals surface area contributed by atoms with E-state index in [4.69, 9.17) is 27.0 Å². The topological polar surface area (TPSA) is 64.5 Å². The average molecular weight is 609 g/mol. The predicted octanol–water partition coefficient (Wildman–Crippen LogP) is 8.42. The van der Waals surface area contributed by atoms with Gasteiger partial charge in [0.05, 0.1) is 17.7 Å². The lowest BCUT2D eigenvalue weighted by Crippen LogP contribution is -2.45. The number of halogens is 2. The molecule has 2 atom stereocenters. The molecule has 0 fully saturated rings. The van der Waals surface area contributed by atoms with Crippen molar-refractivity contribution in [2.24, 2.45) is 0 Å². The Labute approximate surface area is 221 Å². The van der Waals surface area contributed by atoms with Crippen LogP contribution in [0.2, 0.25) is 23.2 Å². The minimum Gasteiger partial charge on any atom is -0.418 e. The maximum Gasteiger partial charge on any atom is 0.247 e. The molecule has 3 aromatic rings. The predicted molar refractivity (Wildman–Crippen MR) is 149 cm³/mol. The maximum absolute atomic E-state index is 7.32. The summed E-state index contributed by atoms with van der Waals surface area (Å²) in [5.41, 5.74) is 2.86. The molecular weight excluding hydrogens is 579 g/mol. The Morgan fingerprint density at radius 3 is 2.38 bits per heavy atom. The van der Waals surface area contributed by atoms with E-state index >= 15 is 0 Å². The number of nitrogens with zero attached hydrogens (tertiary/aromatic N) is 3. The number of aromatic nitrogens is 2. The number of hydrogen-bond donors (Lipinski definition) is 1. The first-order valence-corrected chi connectivity index (χ1v) is 15.4. The first kappa shape index (κ1) is 26.7. The van der Waals surface area contributed by atoms with Crippen molar-refractivity contribution in [1.82, 2.24) is 10.2 Å². The van der Waals surface area contributed by atoms with Crippen LogP contribution in [0.25, 0.3) is 16.3 Å². The Morgan fingerprint density at radius 1 is 1.15 bits per heavy atom. The lowest BCUT2D eigenvalue weighted by Gasteiger charge is -2.40. The smallest absolute Gasteiger partial charge is 0.247 e. The molecule has 0 amide bonds. The zero-order chi connectivity index (χ0) is 25.3. The first-order valence-electron chi connectivity index (χ1n) is 11.0. The minimum absolute atomic E-state index is 0.0451. The van der Waals surface area contributed by atoms with Gasteiger partial charge in [0, 0.05) is 14.8 Å². The number of rotatable bonds is 7. The summed E-state index contributed by atoms with van der Waals surface area (Å²) in [6, 6.07) is 11.1.